The van der Waals surface area contributed by atoms with Gasteiger partial charge in [0.05, 0.1) is 36.5 Å². The maximum Gasteiger partial charge on any atom is 0.326 e. The van der Waals surface area contributed by atoms with Crippen LogP contribution in [0.4, 0.5) is 16.4 Å². The van der Waals surface area contributed by atoms with Gasteiger partial charge in [-0.3, -0.25) is 4.90 Å². The van der Waals surface area contributed by atoms with E-state index in [2.05, 4.69) is 9.88 Å². The fraction of sp³-hybridized carbons (Fsp3) is 0.583. The Hall–Kier alpha value is -2.67. The van der Waals surface area contributed by atoms with E-state index in [1.165, 1.54) is 11.8 Å². The Kier molecular flexibility index (Phi) is 5.94. The molecule has 11 nitrogen and oxygen atoms in total. The van der Waals surface area contributed by atoms with E-state index < -0.39 is 0 Å². The molecule has 6 rings (SSSR count). The van der Waals surface area contributed by atoms with Crippen molar-refractivity contribution in [2.24, 2.45) is 11.1 Å². The van der Waals surface area contributed by atoms with Crippen LogP contribution in [0, 0.1) is 5.41 Å². The summed E-state index contributed by atoms with van der Waals surface area (Å²) < 4.78 is 11.9. The lowest BCUT2D eigenvalue weighted by Crippen LogP contribution is -2.51. The number of hydrogen-bond donors (Lipinski definition) is 2. The molecule has 2 amide bonds. The third kappa shape index (κ3) is 3.78. The second-order valence-electron chi connectivity index (χ2n) is 10.1. The first-order valence-electron chi connectivity index (χ1n) is 12.3. The number of amides is 2. The highest BCUT2D eigenvalue weighted by molar-refractivity contribution is 7.99. The molecule has 36 heavy (non-hydrogen) atoms. The van der Waals surface area contributed by atoms with Crippen LogP contribution in [-0.4, -0.2) is 89.1 Å². The fourth-order valence-corrected chi connectivity index (χ4v) is 6.62. The average Bonchev–Trinajstić information content (AvgIpc) is 3.34. The highest BCUT2D eigenvalue weighted by Crippen LogP contribution is 2.45. The lowest BCUT2D eigenvalue weighted by Gasteiger charge is -2.41. The van der Waals surface area contributed by atoms with Crippen molar-refractivity contribution in [2.45, 2.75) is 54.5 Å². The van der Waals surface area contributed by atoms with E-state index in [-0.39, 0.29) is 36.2 Å². The Morgan fingerprint density at radius 1 is 1.28 bits per heavy atom. The molecular weight excluding hydrogens is 482 g/mol. The van der Waals surface area contributed by atoms with Gasteiger partial charge in [0.2, 0.25) is 0 Å². The number of fused-ring (bicyclic) bond motifs is 3. The topological polar surface area (TPSA) is 130 Å². The van der Waals surface area contributed by atoms with E-state index in [1.54, 1.807) is 29.2 Å². The number of aliphatic hydroxyl groups is 1. The molecule has 192 valence electrons. The third-order valence-corrected chi connectivity index (χ3v) is 8.90. The molecule has 3 fully saturated rings. The summed E-state index contributed by atoms with van der Waals surface area (Å²) in [6, 6.07) is 1.77. The highest BCUT2D eigenvalue weighted by atomic mass is 32.2. The molecule has 0 bridgehead atoms. The molecule has 1 unspecified atom stereocenters. The van der Waals surface area contributed by atoms with Crippen LogP contribution in [0.1, 0.15) is 25.5 Å². The fourth-order valence-electron chi connectivity index (χ4n) is 5.77. The molecule has 0 saturated carbocycles. The molecule has 3 atom stereocenters. The number of hydrogen-bond acceptors (Lipinski definition) is 10. The maximum absolute atomic E-state index is 12.6. The van der Waals surface area contributed by atoms with E-state index in [9.17, 15) is 9.90 Å². The second-order valence-corrected chi connectivity index (χ2v) is 11.2. The van der Waals surface area contributed by atoms with Crippen LogP contribution >= 0.6 is 11.8 Å². The molecule has 2 aromatic heterocycles. The lowest BCUT2D eigenvalue weighted by molar-refractivity contribution is 0.0973. The molecule has 3 N–H and O–H groups in total. The number of carbonyl (C=O) groups is 1. The second kappa shape index (κ2) is 9.02. The zero-order valence-corrected chi connectivity index (χ0v) is 21.3. The largest absolute Gasteiger partial charge is 0.486 e. The van der Waals surface area contributed by atoms with Crippen molar-refractivity contribution in [2.75, 3.05) is 49.7 Å². The first-order valence-corrected chi connectivity index (χ1v) is 13.1. The summed E-state index contributed by atoms with van der Waals surface area (Å²) in [5.74, 6) is 1.81. The summed E-state index contributed by atoms with van der Waals surface area (Å²) in [6.45, 7) is 5.15. The van der Waals surface area contributed by atoms with Crippen molar-refractivity contribution in [3.63, 3.8) is 0 Å². The van der Waals surface area contributed by atoms with Gasteiger partial charge in [0.15, 0.2) is 17.4 Å². The van der Waals surface area contributed by atoms with Gasteiger partial charge in [-0.05, 0) is 25.8 Å². The van der Waals surface area contributed by atoms with Gasteiger partial charge in [-0.25, -0.2) is 19.7 Å². The Morgan fingerprint density at radius 3 is 2.81 bits per heavy atom. The molecule has 0 radical (unpaired) electrons. The van der Waals surface area contributed by atoms with Crippen LogP contribution in [0.25, 0.3) is 0 Å². The summed E-state index contributed by atoms with van der Waals surface area (Å²) in [5.41, 5.74) is 7.02. The smallest absolute Gasteiger partial charge is 0.326 e. The van der Waals surface area contributed by atoms with Crippen LogP contribution in [0.2, 0.25) is 0 Å². The Labute approximate surface area is 214 Å². The van der Waals surface area contributed by atoms with Crippen molar-refractivity contribution in [3.8, 4) is 5.75 Å². The van der Waals surface area contributed by atoms with E-state index >= 15 is 0 Å². The zero-order valence-electron chi connectivity index (χ0n) is 20.5. The van der Waals surface area contributed by atoms with Crippen molar-refractivity contribution in [3.05, 3.63) is 24.2 Å². The number of anilines is 2. The minimum Gasteiger partial charge on any atom is -0.486 e. The standard InChI is InChI=1S/C24H31N7O4S/c1-14-20(25)24(13-35-14)4-7-30(8-5-24)21-16(11-32)28-18(9-27-21)36-17-3-6-26-22-19(17)34-12-15-10-29(2)23(33)31(15)22/h3,6,9,14-15,20,32H,4-5,7-8,10-13,25H2,1-2H3/t14-,15?,20+/m0/s1. The summed E-state index contributed by atoms with van der Waals surface area (Å²) in [5, 5.41) is 10.7. The summed E-state index contributed by atoms with van der Waals surface area (Å²) in [4.78, 5) is 32.9. The number of nitrogens with zero attached hydrogens (tertiary/aromatic N) is 6. The van der Waals surface area contributed by atoms with Crippen LogP contribution in [0.3, 0.4) is 0 Å². The number of nitrogens with two attached hydrogens (primary N) is 1. The van der Waals surface area contributed by atoms with Gasteiger partial charge in [0.25, 0.3) is 0 Å². The SMILES string of the molecule is C[C@@H]1OCC2(CCN(c3ncc(Sc4ccnc5c4OCC4CN(C)C(=O)N54)nc3CO)CC2)[C@@H]1N. The van der Waals surface area contributed by atoms with Crippen LogP contribution in [-0.2, 0) is 11.3 Å². The minimum atomic E-state index is -0.209. The predicted molar refractivity (Wildman–Crippen MR) is 133 cm³/mol. The van der Waals surface area contributed by atoms with Crippen LogP contribution in [0.15, 0.2) is 28.4 Å². The number of pyridine rings is 1. The monoisotopic (exact) mass is 513 g/mol. The number of likely N-dealkylation sites (N-methyl/N-ethyl adjacent to an activating group) is 1. The number of carbonyl (C=O) groups excluding carboxylic acids is 1. The highest BCUT2D eigenvalue weighted by Gasteiger charge is 2.48. The molecule has 0 aliphatic carbocycles. The number of aliphatic hydroxyl groups excluding tert-OH is 1. The first kappa shape index (κ1) is 23.7. The van der Waals surface area contributed by atoms with Gasteiger partial charge in [-0.1, -0.05) is 11.8 Å². The van der Waals surface area contributed by atoms with Crippen molar-refractivity contribution >= 4 is 29.4 Å². The number of piperidine rings is 1. The van der Waals surface area contributed by atoms with Crippen molar-refractivity contribution < 1.29 is 19.4 Å². The molecular formula is C24H31N7O4S. The molecule has 2 aromatic rings. The van der Waals surface area contributed by atoms with Gasteiger partial charge in [0, 0.05) is 44.3 Å². The van der Waals surface area contributed by atoms with Crippen LogP contribution < -0.4 is 20.3 Å². The molecule has 6 heterocycles. The molecule has 4 aliphatic rings. The Bertz CT molecular complexity index is 1180. The lowest BCUT2D eigenvalue weighted by atomic mass is 9.73. The quantitative estimate of drug-likeness (QED) is 0.620. The summed E-state index contributed by atoms with van der Waals surface area (Å²) in [6.07, 6.45) is 5.33. The molecule has 4 aliphatic heterocycles. The maximum atomic E-state index is 12.6. The number of urea groups is 1. The minimum absolute atomic E-state index is 0.0174. The molecule has 12 heteroatoms. The van der Waals surface area contributed by atoms with Gasteiger partial charge in [0.1, 0.15) is 17.3 Å². The Morgan fingerprint density at radius 2 is 2.08 bits per heavy atom. The van der Waals surface area contributed by atoms with E-state index in [0.717, 1.165) is 30.8 Å². The van der Waals surface area contributed by atoms with Gasteiger partial charge in [-0.2, -0.15) is 0 Å². The van der Waals surface area contributed by atoms with Gasteiger partial charge >= 0.3 is 6.03 Å². The number of ether oxygens (including phenoxy) is 2. The first-order chi connectivity index (χ1) is 17.4. The van der Waals surface area contributed by atoms with Gasteiger partial charge < -0.3 is 30.1 Å². The normalized spacial score (nSPS) is 26.8. The predicted octanol–water partition coefficient (Wildman–Crippen LogP) is 1.48. The zero-order chi connectivity index (χ0) is 25.0. The van der Waals surface area contributed by atoms with E-state index in [0.29, 0.717) is 47.9 Å². The van der Waals surface area contributed by atoms with E-state index in [1.807, 2.05) is 13.0 Å². The number of rotatable bonds is 4. The average molecular weight is 514 g/mol. The van der Waals surface area contributed by atoms with Gasteiger partial charge in [-0.15, -0.1) is 0 Å². The molecule has 1 spiro atoms. The third-order valence-electron chi connectivity index (χ3n) is 7.95. The Balaban J connectivity index is 1.21. The van der Waals surface area contributed by atoms with Crippen molar-refractivity contribution in [1.82, 2.24) is 19.9 Å². The van der Waals surface area contributed by atoms with Crippen molar-refractivity contribution in [1.29, 1.82) is 0 Å². The van der Waals surface area contributed by atoms with Crippen LogP contribution in [0.5, 0.6) is 5.75 Å². The summed E-state index contributed by atoms with van der Waals surface area (Å²) in [7, 11) is 1.78. The number of aromatic nitrogens is 3. The van der Waals surface area contributed by atoms with E-state index in [4.69, 9.17) is 25.2 Å². The molecule has 3 saturated heterocycles. The molecule has 0 aromatic carbocycles. The summed E-state index contributed by atoms with van der Waals surface area (Å²) >= 11 is 1.39.